The van der Waals surface area contributed by atoms with Gasteiger partial charge < -0.3 is 10.4 Å². The van der Waals surface area contributed by atoms with Gasteiger partial charge in [0, 0.05) is 31.5 Å². The number of benzene rings is 1. The number of aliphatic hydroxyl groups excluding tert-OH is 1. The second-order valence-electron chi connectivity index (χ2n) is 5.14. The van der Waals surface area contributed by atoms with Crippen LogP contribution in [0.4, 0.5) is 0 Å². The van der Waals surface area contributed by atoms with Crippen molar-refractivity contribution < 1.29 is 9.90 Å². The molecule has 118 valence electrons. The molecule has 0 fully saturated rings. The van der Waals surface area contributed by atoms with Gasteiger partial charge in [0.15, 0.2) is 0 Å². The summed E-state index contributed by atoms with van der Waals surface area (Å²) in [4.78, 5) is 12.5. The molecule has 0 bridgehead atoms. The van der Waals surface area contributed by atoms with Crippen molar-refractivity contribution in [3.63, 3.8) is 0 Å². The summed E-state index contributed by atoms with van der Waals surface area (Å²) in [6.07, 6.45) is 2.97. The second-order valence-corrected chi connectivity index (χ2v) is 5.54. The van der Waals surface area contributed by atoms with Crippen molar-refractivity contribution in [2.45, 2.75) is 25.8 Å². The minimum absolute atomic E-state index is 0.0448. The first-order valence-electron chi connectivity index (χ1n) is 7.27. The summed E-state index contributed by atoms with van der Waals surface area (Å²) in [7, 11) is 1.77. The Balaban J connectivity index is 2.32. The van der Waals surface area contributed by atoms with Crippen LogP contribution in [-0.4, -0.2) is 33.4 Å². The van der Waals surface area contributed by atoms with Crippen molar-refractivity contribution in [2.24, 2.45) is 7.05 Å². The third kappa shape index (κ3) is 3.67. The molecular weight excluding hydrogens is 302 g/mol. The number of rotatable bonds is 6. The maximum Gasteiger partial charge on any atom is 0.255 e. The number of hydrogen-bond acceptors (Lipinski definition) is 3. The first-order valence-corrected chi connectivity index (χ1v) is 7.64. The molecule has 0 aliphatic carbocycles. The molecule has 5 nitrogen and oxygen atoms in total. The van der Waals surface area contributed by atoms with Crippen molar-refractivity contribution in [3.05, 3.63) is 41.0 Å². The van der Waals surface area contributed by atoms with Crippen molar-refractivity contribution in [3.8, 4) is 11.3 Å². The van der Waals surface area contributed by atoms with Crippen LogP contribution in [0.1, 0.15) is 30.1 Å². The van der Waals surface area contributed by atoms with E-state index in [-0.39, 0.29) is 18.6 Å². The van der Waals surface area contributed by atoms with Crippen molar-refractivity contribution in [1.29, 1.82) is 0 Å². The molecule has 1 atom stereocenters. The Kier molecular flexibility index (Phi) is 5.57. The molecule has 6 heteroatoms. The number of nitrogens with one attached hydrogen (secondary N) is 1. The number of aromatic nitrogens is 2. The van der Waals surface area contributed by atoms with E-state index < -0.39 is 0 Å². The van der Waals surface area contributed by atoms with Crippen LogP contribution in [0.15, 0.2) is 30.5 Å². The lowest BCUT2D eigenvalue weighted by atomic mass is 10.1. The predicted molar refractivity (Wildman–Crippen MR) is 86.9 cm³/mol. The van der Waals surface area contributed by atoms with Crippen LogP contribution in [0.2, 0.25) is 5.02 Å². The molecule has 0 radical (unpaired) electrons. The van der Waals surface area contributed by atoms with Crippen LogP contribution in [-0.2, 0) is 7.05 Å². The average molecular weight is 322 g/mol. The Labute approximate surface area is 134 Å². The Morgan fingerprint density at radius 3 is 2.82 bits per heavy atom. The molecule has 0 aliphatic heterocycles. The Morgan fingerprint density at radius 2 is 2.18 bits per heavy atom. The lowest BCUT2D eigenvalue weighted by Crippen LogP contribution is -2.35. The first-order chi connectivity index (χ1) is 10.6. The topological polar surface area (TPSA) is 67.2 Å². The van der Waals surface area contributed by atoms with E-state index in [0.717, 1.165) is 12.0 Å². The van der Waals surface area contributed by atoms with E-state index in [1.54, 1.807) is 24.0 Å². The lowest BCUT2D eigenvalue weighted by Gasteiger charge is -2.15. The van der Waals surface area contributed by atoms with Crippen molar-refractivity contribution in [2.75, 3.05) is 6.61 Å². The normalized spacial score (nSPS) is 12.2. The fourth-order valence-electron chi connectivity index (χ4n) is 2.30. The molecular formula is C16H20ClN3O2. The Hall–Kier alpha value is -1.85. The summed E-state index contributed by atoms with van der Waals surface area (Å²) in [6, 6.07) is 7.25. The van der Waals surface area contributed by atoms with E-state index in [1.807, 2.05) is 25.1 Å². The molecule has 2 N–H and O–H groups in total. The highest BCUT2D eigenvalue weighted by atomic mass is 35.5. The van der Waals surface area contributed by atoms with Crippen molar-refractivity contribution >= 4 is 17.5 Å². The summed E-state index contributed by atoms with van der Waals surface area (Å²) in [6.45, 7) is 2.02. The lowest BCUT2D eigenvalue weighted by molar-refractivity contribution is 0.0929. The largest absolute Gasteiger partial charge is 0.396 e. The molecule has 0 saturated carbocycles. The highest BCUT2D eigenvalue weighted by molar-refractivity contribution is 6.33. The Morgan fingerprint density at radius 1 is 1.45 bits per heavy atom. The van der Waals surface area contributed by atoms with Crippen LogP contribution in [0, 0.1) is 0 Å². The van der Waals surface area contributed by atoms with E-state index in [2.05, 4.69) is 10.4 Å². The molecule has 22 heavy (non-hydrogen) atoms. The maximum atomic E-state index is 12.5. The number of aryl methyl sites for hydroxylation is 1. The average Bonchev–Trinajstić information content (AvgIpc) is 2.89. The van der Waals surface area contributed by atoms with Gasteiger partial charge in [-0.05, 0) is 18.9 Å². The highest BCUT2D eigenvalue weighted by Crippen LogP contribution is 2.29. The molecule has 1 aromatic heterocycles. The summed E-state index contributed by atoms with van der Waals surface area (Å²) in [5, 5.41) is 16.9. The zero-order chi connectivity index (χ0) is 16.1. The number of carbonyl (C=O) groups excluding carboxylic acids is 1. The molecule has 1 unspecified atom stereocenters. The van der Waals surface area contributed by atoms with Gasteiger partial charge in [-0.1, -0.05) is 36.7 Å². The molecule has 1 amide bonds. The van der Waals surface area contributed by atoms with Crippen LogP contribution in [0.5, 0.6) is 0 Å². The number of carbonyl (C=O) groups is 1. The van der Waals surface area contributed by atoms with E-state index >= 15 is 0 Å². The fraction of sp³-hybridized carbons (Fsp3) is 0.375. The predicted octanol–water partition coefficient (Wildman–Crippen LogP) is 2.63. The van der Waals surface area contributed by atoms with Gasteiger partial charge in [-0.25, -0.2) is 0 Å². The van der Waals surface area contributed by atoms with E-state index in [9.17, 15) is 4.79 Å². The summed E-state index contributed by atoms with van der Waals surface area (Å²) in [5.41, 5.74) is 1.77. The minimum atomic E-state index is -0.205. The fourth-order valence-corrected chi connectivity index (χ4v) is 2.53. The van der Waals surface area contributed by atoms with Gasteiger partial charge in [0.05, 0.1) is 10.6 Å². The molecule has 2 rings (SSSR count). The van der Waals surface area contributed by atoms with Crippen LogP contribution < -0.4 is 5.32 Å². The smallest absolute Gasteiger partial charge is 0.255 e. The third-order valence-electron chi connectivity index (χ3n) is 3.51. The monoisotopic (exact) mass is 321 g/mol. The number of hydrogen-bond donors (Lipinski definition) is 2. The summed E-state index contributed by atoms with van der Waals surface area (Å²) < 4.78 is 1.60. The quantitative estimate of drug-likeness (QED) is 0.859. The number of halogens is 1. The second kappa shape index (κ2) is 7.42. The summed E-state index contributed by atoms with van der Waals surface area (Å²) >= 11 is 6.21. The number of amides is 1. The van der Waals surface area contributed by atoms with Crippen LogP contribution in [0.3, 0.4) is 0 Å². The molecule has 1 heterocycles. The highest BCUT2D eigenvalue weighted by Gasteiger charge is 2.20. The zero-order valence-electron chi connectivity index (χ0n) is 12.7. The van der Waals surface area contributed by atoms with Gasteiger partial charge in [-0.3, -0.25) is 9.48 Å². The molecule has 1 aromatic carbocycles. The third-order valence-corrected chi connectivity index (χ3v) is 3.84. The number of nitrogens with zero attached hydrogens (tertiary/aromatic N) is 2. The molecule has 2 aromatic rings. The zero-order valence-corrected chi connectivity index (χ0v) is 13.5. The Bertz CT molecular complexity index is 655. The van der Waals surface area contributed by atoms with Gasteiger partial charge in [-0.15, -0.1) is 0 Å². The van der Waals surface area contributed by atoms with Gasteiger partial charge in [-0.2, -0.15) is 5.10 Å². The molecule has 0 saturated heterocycles. The SMILES string of the molecule is CCC(CCO)NC(=O)c1cn(C)nc1-c1ccccc1Cl. The molecule has 0 aliphatic rings. The first kappa shape index (κ1) is 16.5. The summed E-state index contributed by atoms with van der Waals surface area (Å²) in [5.74, 6) is -0.205. The maximum absolute atomic E-state index is 12.5. The van der Waals surface area contributed by atoms with E-state index in [1.165, 1.54) is 0 Å². The van der Waals surface area contributed by atoms with Gasteiger partial charge in [0.25, 0.3) is 5.91 Å². The number of aliphatic hydroxyl groups is 1. The van der Waals surface area contributed by atoms with Crippen LogP contribution in [0.25, 0.3) is 11.3 Å². The van der Waals surface area contributed by atoms with E-state index in [0.29, 0.717) is 22.7 Å². The molecule has 0 spiro atoms. The van der Waals surface area contributed by atoms with Crippen LogP contribution >= 0.6 is 11.6 Å². The van der Waals surface area contributed by atoms with Crippen molar-refractivity contribution in [1.82, 2.24) is 15.1 Å². The standard InChI is InChI=1S/C16H20ClN3O2/c1-3-11(8-9-21)18-16(22)13-10-20(2)19-15(13)12-6-4-5-7-14(12)17/h4-7,10-11,21H,3,8-9H2,1-2H3,(H,18,22). The van der Waals surface area contributed by atoms with Gasteiger partial charge in [0.2, 0.25) is 0 Å². The van der Waals surface area contributed by atoms with Gasteiger partial charge in [0.1, 0.15) is 5.69 Å². The minimum Gasteiger partial charge on any atom is -0.396 e. The van der Waals surface area contributed by atoms with Gasteiger partial charge >= 0.3 is 0 Å². The van der Waals surface area contributed by atoms with E-state index in [4.69, 9.17) is 16.7 Å².